The van der Waals surface area contributed by atoms with Crippen molar-refractivity contribution in [2.45, 2.75) is 44.8 Å². The Kier molecular flexibility index (Phi) is 3.50. The number of carbonyl (C=O) groups is 3. The molecule has 7 heteroatoms. The maximum absolute atomic E-state index is 13.2. The van der Waals surface area contributed by atoms with Gasteiger partial charge in [0.2, 0.25) is 17.7 Å². The molecule has 3 amide bonds. The van der Waals surface area contributed by atoms with Crippen LogP contribution in [0.3, 0.4) is 0 Å². The summed E-state index contributed by atoms with van der Waals surface area (Å²) in [5, 5.41) is 6.59. The van der Waals surface area contributed by atoms with Crippen LogP contribution < -0.4 is 10.6 Å². The first-order valence-corrected chi connectivity index (χ1v) is 8.96. The third-order valence-electron chi connectivity index (χ3n) is 5.89. The van der Waals surface area contributed by atoms with Crippen molar-refractivity contribution in [3.8, 4) is 0 Å². The van der Waals surface area contributed by atoms with Crippen LogP contribution in [0.15, 0.2) is 18.2 Å². The van der Waals surface area contributed by atoms with Crippen molar-refractivity contribution in [1.29, 1.82) is 0 Å². The molecule has 0 radical (unpaired) electrons. The molecule has 6 nitrogen and oxygen atoms in total. The summed E-state index contributed by atoms with van der Waals surface area (Å²) in [5.41, 5.74) is 0.0488. The summed E-state index contributed by atoms with van der Waals surface area (Å²) < 4.78 is 0. The van der Waals surface area contributed by atoms with Crippen molar-refractivity contribution in [3.63, 3.8) is 0 Å². The van der Waals surface area contributed by atoms with E-state index >= 15 is 0 Å². The zero-order valence-electron chi connectivity index (χ0n) is 14.3. The van der Waals surface area contributed by atoms with Crippen molar-refractivity contribution in [2.75, 3.05) is 5.32 Å². The maximum atomic E-state index is 13.2. The molecule has 4 rings (SSSR count). The molecule has 1 aromatic carbocycles. The minimum atomic E-state index is -1.24. The van der Waals surface area contributed by atoms with Gasteiger partial charge in [0.05, 0.1) is 11.8 Å². The highest BCUT2D eigenvalue weighted by atomic mass is 35.5. The second-order valence-corrected chi connectivity index (χ2v) is 7.63. The average molecular weight is 362 g/mol. The quantitative estimate of drug-likeness (QED) is 0.788. The van der Waals surface area contributed by atoms with Crippen molar-refractivity contribution in [2.24, 2.45) is 11.8 Å². The van der Waals surface area contributed by atoms with E-state index < -0.39 is 17.4 Å². The molecule has 2 N–H and O–H groups in total. The van der Waals surface area contributed by atoms with E-state index in [1.54, 1.807) is 18.2 Å². The van der Waals surface area contributed by atoms with Gasteiger partial charge in [0.1, 0.15) is 5.54 Å². The molecule has 5 atom stereocenters. The molecule has 2 saturated heterocycles. The first kappa shape index (κ1) is 16.5. The second kappa shape index (κ2) is 5.29. The highest BCUT2D eigenvalue weighted by Gasteiger charge is 2.69. The van der Waals surface area contributed by atoms with Crippen LogP contribution in [0.4, 0.5) is 5.69 Å². The Morgan fingerprint density at radius 2 is 2.00 bits per heavy atom. The molecule has 3 heterocycles. The molecule has 0 aromatic heterocycles. The molecule has 25 heavy (non-hydrogen) atoms. The summed E-state index contributed by atoms with van der Waals surface area (Å²) in [6.07, 6.45) is 0.681. The van der Waals surface area contributed by atoms with Crippen LogP contribution in [0.5, 0.6) is 0 Å². The predicted octanol–water partition coefficient (Wildman–Crippen LogP) is 1.88. The summed E-state index contributed by atoms with van der Waals surface area (Å²) in [5.74, 6) is -2.05. The number of likely N-dealkylation sites (tertiary alicyclic amines) is 1. The summed E-state index contributed by atoms with van der Waals surface area (Å²) in [7, 11) is 0. The molecule has 2 fully saturated rings. The largest absolute Gasteiger partial charge is 0.324 e. The maximum Gasteiger partial charge on any atom is 0.250 e. The van der Waals surface area contributed by atoms with Crippen LogP contribution >= 0.6 is 11.6 Å². The molecule has 0 aliphatic carbocycles. The molecule has 0 bridgehead atoms. The van der Waals surface area contributed by atoms with E-state index in [1.807, 2.05) is 20.8 Å². The Balaban J connectivity index is 1.89. The van der Waals surface area contributed by atoms with Crippen molar-refractivity contribution in [1.82, 2.24) is 10.2 Å². The lowest BCUT2D eigenvalue weighted by atomic mass is 9.76. The number of nitrogens with zero attached hydrogens (tertiary/aromatic N) is 1. The lowest BCUT2D eigenvalue weighted by Crippen LogP contribution is -2.53. The van der Waals surface area contributed by atoms with Crippen LogP contribution in [-0.4, -0.2) is 34.7 Å². The number of hydrogen-bond donors (Lipinski definition) is 2. The fraction of sp³-hybridized carbons (Fsp3) is 0.500. The topological polar surface area (TPSA) is 78.5 Å². The SMILES string of the molecule is CC[C@@H](C)N1C(=O)[C@H]2[C@@H](C1=O)[C@]1(N[C@@H]2C)C(=O)Nc2ccc(Cl)cc21. The molecule has 0 saturated carbocycles. The van der Waals surface area contributed by atoms with Gasteiger partial charge in [-0.3, -0.25) is 24.6 Å². The number of amides is 3. The fourth-order valence-electron chi connectivity index (χ4n) is 4.58. The van der Waals surface area contributed by atoms with Crippen molar-refractivity contribution < 1.29 is 14.4 Å². The van der Waals surface area contributed by atoms with Gasteiger partial charge in [-0.1, -0.05) is 18.5 Å². The standard InChI is InChI=1S/C18H20ClN3O3/c1-4-8(2)22-15(23)13-9(3)21-18(14(13)16(22)24)11-7-10(19)5-6-12(11)20-17(18)25/h5-9,13-14,21H,4H2,1-3H3,(H,20,25)/t8-,9-,13-,14+,18+/m1/s1. The van der Waals surface area contributed by atoms with Gasteiger partial charge in [0.15, 0.2) is 0 Å². The number of rotatable bonds is 2. The fourth-order valence-corrected chi connectivity index (χ4v) is 4.75. The third kappa shape index (κ3) is 1.92. The van der Waals surface area contributed by atoms with E-state index in [1.165, 1.54) is 4.90 Å². The smallest absolute Gasteiger partial charge is 0.250 e. The Labute approximate surface area is 150 Å². The molecule has 1 aromatic rings. The Bertz CT molecular complexity index is 811. The molecular weight excluding hydrogens is 342 g/mol. The van der Waals surface area contributed by atoms with E-state index in [0.29, 0.717) is 22.7 Å². The van der Waals surface area contributed by atoms with Crippen LogP contribution in [-0.2, 0) is 19.9 Å². The zero-order valence-corrected chi connectivity index (χ0v) is 15.1. The highest BCUT2D eigenvalue weighted by molar-refractivity contribution is 6.31. The van der Waals surface area contributed by atoms with E-state index in [-0.39, 0.29) is 29.8 Å². The summed E-state index contributed by atoms with van der Waals surface area (Å²) >= 11 is 6.15. The molecule has 3 aliphatic heterocycles. The van der Waals surface area contributed by atoms with Gasteiger partial charge in [-0.2, -0.15) is 0 Å². The zero-order chi connectivity index (χ0) is 18.1. The lowest BCUT2D eigenvalue weighted by molar-refractivity contribution is -0.145. The van der Waals surface area contributed by atoms with E-state index in [0.717, 1.165) is 0 Å². The van der Waals surface area contributed by atoms with Gasteiger partial charge in [-0.25, -0.2) is 0 Å². The lowest BCUT2D eigenvalue weighted by Gasteiger charge is -2.30. The number of imide groups is 1. The summed E-state index contributed by atoms with van der Waals surface area (Å²) in [6.45, 7) is 5.66. The number of halogens is 1. The van der Waals surface area contributed by atoms with Gasteiger partial charge in [-0.05, 0) is 38.5 Å². The van der Waals surface area contributed by atoms with Gasteiger partial charge in [0.25, 0.3) is 0 Å². The van der Waals surface area contributed by atoms with E-state index in [2.05, 4.69) is 10.6 Å². The van der Waals surface area contributed by atoms with Crippen LogP contribution in [0, 0.1) is 11.8 Å². The monoisotopic (exact) mass is 361 g/mol. The third-order valence-corrected chi connectivity index (χ3v) is 6.13. The molecule has 3 aliphatic rings. The van der Waals surface area contributed by atoms with Gasteiger partial charge in [-0.15, -0.1) is 0 Å². The molecule has 0 unspecified atom stereocenters. The van der Waals surface area contributed by atoms with E-state index in [4.69, 9.17) is 11.6 Å². The first-order chi connectivity index (χ1) is 11.8. The van der Waals surface area contributed by atoms with Gasteiger partial charge in [0, 0.05) is 28.4 Å². The normalized spacial score (nSPS) is 34.5. The summed E-state index contributed by atoms with van der Waals surface area (Å²) in [6, 6.07) is 4.67. The predicted molar refractivity (Wildman–Crippen MR) is 92.9 cm³/mol. The Hall–Kier alpha value is -1.92. The molecule has 132 valence electrons. The molecule has 1 spiro atoms. The Morgan fingerprint density at radius 3 is 2.68 bits per heavy atom. The average Bonchev–Trinajstić information content (AvgIpc) is 3.12. The number of benzene rings is 1. The number of anilines is 1. The Morgan fingerprint density at radius 1 is 1.28 bits per heavy atom. The number of hydrogen-bond acceptors (Lipinski definition) is 4. The summed E-state index contributed by atoms with van der Waals surface area (Å²) in [4.78, 5) is 40.4. The first-order valence-electron chi connectivity index (χ1n) is 8.59. The van der Waals surface area contributed by atoms with E-state index in [9.17, 15) is 14.4 Å². The second-order valence-electron chi connectivity index (χ2n) is 7.19. The minimum Gasteiger partial charge on any atom is -0.324 e. The number of fused-ring (bicyclic) bond motifs is 4. The van der Waals surface area contributed by atoms with Crippen LogP contribution in [0.25, 0.3) is 0 Å². The van der Waals surface area contributed by atoms with Crippen LogP contribution in [0.2, 0.25) is 5.02 Å². The van der Waals surface area contributed by atoms with Gasteiger partial charge >= 0.3 is 0 Å². The molecular formula is C18H20ClN3O3. The minimum absolute atomic E-state index is 0.182. The highest BCUT2D eigenvalue weighted by Crippen LogP contribution is 2.53. The van der Waals surface area contributed by atoms with Crippen molar-refractivity contribution in [3.05, 3.63) is 28.8 Å². The number of nitrogens with one attached hydrogen (secondary N) is 2. The van der Waals surface area contributed by atoms with Crippen LogP contribution in [0.1, 0.15) is 32.8 Å². The number of carbonyl (C=O) groups excluding carboxylic acids is 3. The van der Waals surface area contributed by atoms with Crippen molar-refractivity contribution >= 4 is 35.0 Å². The van der Waals surface area contributed by atoms with Gasteiger partial charge < -0.3 is 5.32 Å².